The lowest BCUT2D eigenvalue weighted by Gasteiger charge is -2.18. The number of hydrogen-bond acceptors (Lipinski definition) is 9. The van der Waals surface area contributed by atoms with Crippen LogP contribution in [-0.2, 0) is 0 Å². The predicted molar refractivity (Wildman–Crippen MR) is 111 cm³/mol. The molecule has 0 saturated heterocycles. The summed E-state index contributed by atoms with van der Waals surface area (Å²) in [7, 11) is 4.77. The summed E-state index contributed by atoms with van der Waals surface area (Å²) < 4.78 is 16.5. The normalized spacial score (nSPS) is 10.4. The molecule has 0 aliphatic carbocycles. The van der Waals surface area contributed by atoms with E-state index in [1.54, 1.807) is 21.3 Å². The van der Waals surface area contributed by atoms with Gasteiger partial charge >= 0.3 is 0 Å². The zero-order valence-electron chi connectivity index (χ0n) is 18.0. The van der Waals surface area contributed by atoms with Gasteiger partial charge in [-0.1, -0.05) is 13.8 Å². The first-order chi connectivity index (χ1) is 14.3. The standard InChI is InChI=1S/C19H29N3O4.HNO3/c1-12(2)18-21-15-13(19(22-18)20-9-7-6-8-10-23)11-14(24-3)16(25-4)17(15)26-5;2-1(3)4/h11-12,23H,6-10H2,1-5H3,(H,20,21,22);(H,2,3,4). The molecule has 2 rings (SSSR count). The van der Waals surface area contributed by atoms with E-state index in [0.29, 0.717) is 22.8 Å². The topological polar surface area (TPSA) is 149 Å². The number of aliphatic hydroxyl groups excluding tert-OH is 1. The number of nitrogens with one attached hydrogen (secondary N) is 1. The van der Waals surface area contributed by atoms with Crippen LogP contribution < -0.4 is 19.5 Å². The third-order valence-corrected chi connectivity index (χ3v) is 4.16. The molecule has 0 spiro atoms. The maximum atomic E-state index is 8.91. The van der Waals surface area contributed by atoms with Crippen LogP contribution in [0.3, 0.4) is 0 Å². The molecule has 3 N–H and O–H groups in total. The zero-order chi connectivity index (χ0) is 22.7. The molecule has 1 heterocycles. The number of anilines is 1. The van der Waals surface area contributed by atoms with E-state index in [1.165, 1.54) is 0 Å². The van der Waals surface area contributed by atoms with E-state index in [4.69, 9.17) is 44.6 Å². The molecule has 2 aromatic rings. The van der Waals surface area contributed by atoms with E-state index in [1.807, 2.05) is 6.07 Å². The Bertz CT molecular complexity index is 826. The van der Waals surface area contributed by atoms with E-state index < -0.39 is 5.09 Å². The van der Waals surface area contributed by atoms with Gasteiger partial charge in [0.25, 0.3) is 5.09 Å². The van der Waals surface area contributed by atoms with E-state index >= 15 is 0 Å². The summed E-state index contributed by atoms with van der Waals surface area (Å²) in [6.07, 6.45) is 2.72. The first-order valence-electron chi connectivity index (χ1n) is 9.49. The Balaban J connectivity index is 0.00000103. The minimum Gasteiger partial charge on any atom is -0.493 e. The highest BCUT2D eigenvalue weighted by atomic mass is 16.9. The average molecular weight is 426 g/mol. The second kappa shape index (κ2) is 12.5. The Morgan fingerprint density at radius 1 is 1.10 bits per heavy atom. The summed E-state index contributed by atoms with van der Waals surface area (Å²) in [5, 5.41) is 26.8. The van der Waals surface area contributed by atoms with Crippen molar-refractivity contribution in [2.75, 3.05) is 39.8 Å². The van der Waals surface area contributed by atoms with Crippen LogP contribution in [0.5, 0.6) is 17.2 Å². The maximum absolute atomic E-state index is 8.91. The number of unbranched alkanes of at least 4 members (excludes halogenated alkanes) is 2. The largest absolute Gasteiger partial charge is 0.493 e. The van der Waals surface area contributed by atoms with Crippen LogP contribution >= 0.6 is 0 Å². The third-order valence-electron chi connectivity index (χ3n) is 4.16. The van der Waals surface area contributed by atoms with Crippen LogP contribution in [0, 0.1) is 10.1 Å². The monoisotopic (exact) mass is 426 g/mol. The molecule has 168 valence electrons. The molecule has 0 radical (unpaired) electrons. The summed E-state index contributed by atoms with van der Waals surface area (Å²) in [6, 6.07) is 1.87. The molecule has 11 heteroatoms. The highest BCUT2D eigenvalue weighted by molar-refractivity contribution is 5.97. The number of hydrogen-bond donors (Lipinski definition) is 3. The van der Waals surface area contributed by atoms with E-state index in [2.05, 4.69) is 19.2 Å². The second-order valence-electron chi connectivity index (χ2n) is 6.58. The summed E-state index contributed by atoms with van der Waals surface area (Å²) in [5.74, 6) is 3.29. The van der Waals surface area contributed by atoms with Gasteiger partial charge in [-0.25, -0.2) is 9.97 Å². The van der Waals surface area contributed by atoms with Crippen molar-refractivity contribution in [1.29, 1.82) is 0 Å². The average Bonchev–Trinajstić information content (AvgIpc) is 2.71. The van der Waals surface area contributed by atoms with Crippen LogP contribution in [0.4, 0.5) is 5.82 Å². The third kappa shape index (κ3) is 6.76. The molecule has 0 saturated carbocycles. The number of rotatable bonds is 10. The molecule has 0 fully saturated rings. The van der Waals surface area contributed by atoms with Gasteiger partial charge in [0, 0.05) is 19.1 Å². The maximum Gasteiger partial charge on any atom is 0.291 e. The SMILES string of the molecule is COc1cc2c(NCCCCCO)nc(C(C)C)nc2c(OC)c1OC.O=[N+]([O-])O. The quantitative estimate of drug-likeness (QED) is 0.294. The van der Waals surface area contributed by atoms with Crippen LogP contribution in [0.2, 0.25) is 0 Å². The summed E-state index contributed by atoms with van der Waals surface area (Å²) >= 11 is 0. The number of fused-ring (bicyclic) bond motifs is 1. The number of aliphatic hydroxyl groups is 1. The molecule has 0 unspecified atom stereocenters. The number of ether oxygens (including phenoxy) is 3. The van der Waals surface area contributed by atoms with Gasteiger partial charge in [0.05, 0.1) is 26.7 Å². The summed E-state index contributed by atoms with van der Waals surface area (Å²) in [5.41, 5.74) is 0.696. The van der Waals surface area contributed by atoms with Gasteiger partial charge in [-0.15, -0.1) is 10.1 Å². The van der Waals surface area contributed by atoms with Crippen molar-refractivity contribution >= 4 is 16.7 Å². The van der Waals surface area contributed by atoms with Crippen molar-refractivity contribution < 1.29 is 29.6 Å². The highest BCUT2D eigenvalue weighted by Crippen LogP contribution is 2.44. The molecule has 0 amide bonds. The fraction of sp³-hybridized carbons (Fsp3) is 0.579. The molecule has 0 aliphatic rings. The van der Waals surface area contributed by atoms with Crippen molar-refractivity contribution in [3.8, 4) is 17.2 Å². The number of methoxy groups -OCH3 is 3. The number of benzene rings is 1. The fourth-order valence-corrected chi connectivity index (χ4v) is 2.76. The van der Waals surface area contributed by atoms with Crippen LogP contribution in [0.15, 0.2) is 6.07 Å². The molecular formula is C19H30N4O7. The summed E-state index contributed by atoms with van der Waals surface area (Å²) in [4.78, 5) is 17.8. The van der Waals surface area contributed by atoms with Gasteiger partial charge in [-0.3, -0.25) is 0 Å². The molecule has 1 aromatic heterocycles. The highest BCUT2D eigenvalue weighted by Gasteiger charge is 2.21. The van der Waals surface area contributed by atoms with Crippen molar-refractivity contribution in [2.45, 2.75) is 39.0 Å². The van der Waals surface area contributed by atoms with Gasteiger partial charge in [-0.05, 0) is 25.3 Å². The molecule has 0 atom stereocenters. The lowest BCUT2D eigenvalue weighted by Crippen LogP contribution is -2.09. The number of nitrogens with zero attached hydrogens (tertiary/aromatic N) is 3. The summed E-state index contributed by atoms with van der Waals surface area (Å²) in [6.45, 7) is 5.10. The van der Waals surface area contributed by atoms with E-state index in [0.717, 1.165) is 42.8 Å². The second-order valence-corrected chi connectivity index (χ2v) is 6.58. The van der Waals surface area contributed by atoms with Gasteiger partial charge in [0.2, 0.25) is 5.75 Å². The Kier molecular flexibility index (Phi) is 10.4. The Labute approximate surface area is 175 Å². The van der Waals surface area contributed by atoms with Crippen molar-refractivity contribution in [2.24, 2.45) is 0 Å². The molecule has 11 nitrogen and oxygen atoms in total. The minimum absolute atomic E-state index is 0.173. The molecule has 1 aromatic carbocycles. The number of aromatic nitrogens is 2. The Morgan fingerprint density at radius 3 is 2.23 bits per heavy atom. The fourth-order valence-electron chi connectivity index (χ4n) is 2.76. The van der Waals surface area contributed by atoms with Gasteiger partial charge in [0.1, 0.15) is 17.2 Å². The van der Waals surface area contributed by atoms with Crippen molar-refractivity contribution in [3.05, 3.63) is 22.0 Å². The Morgan fingerprint density at radius 2 is 1.73 bits per heavy atom. The molecular weight excluding hydrogens is 396 g/mol. The smallest absolute Gasteiger partial charge is 0.291 e. The Hall–Kier alpha value is -3.08. The molecule has 0 bridgehead atoms. The first kappa shape index (κ1) is 25.0. The predicted octanol–water partition coefficient (Wildman–Crippen LogP) is 3.01. The van der Waals surface area contributed by atoms with E-state index in [-0.39, 0.29) is 12.5 Å². The molecule has 0 aliphatic heterocycles. The minimum atomic E-state index is -1.50. The van der Waals surface area contributed by atoms with Crippen LogP contribution in [-0.4, -0.2) is 59.8 Å². The lowest BCUT2D eigenvalue weighted by molar-refractivity contribution is -0.742. The first-order valence-corrected chi connectivity index (χ1v) is 9.49. The van der Waals surface area contributed by atoms with Crippen molar-refractivity contribution in [1.82, 2.24) is 9.97 Å². The van der Waals surface area contributed by atoms with Crippen LogP contribution in [0.25, 0.3) is 10.9 Å². The van der Waals surface area contributed by atoms with E-state index in [9.17, 15) is 0 Å². The van der Waals surface area contributed by atoms with Gasteiger partial charge < -0.3 is 29.8 Å². The van der Waals surface area contributed by atoms with Gasteiger partial charge in [0.15, 0.2) is 11.5 Å². The van der Waals surface area contributed by atoms with Gasteiger partial charge in [-0.2, -0.15) is 0 Å². The van der Waals surface area contributed by atoms with Crippen LogP contribution in [0.1, 0.15) is 44.9 Å². The van der Waals surface area contributed by atoms with Crippen molar-refractivity contribution in [3.63, 3.8) is 0 Å². The zero-order valence-corrected chi connectivity index (χ0v) is 18.0. The molecule has 30 heavy (non-hydrogen) atoms. The lowest BCUT2D eigenvalue weighted by atomic mass is 10.1.